The first kappa shape index (κ1) is 31.9. The van der Waals surface area contributed by atoms with Crippen LogP contribution in [0.3, 0.4) is 0 Å². The fraction of sp³-hybridized carbons (Fsp3) is 0. The Kier molecular flexibility index (Phi) is 6.26. The molecule has 0 spiro atoms. The van der Waals surface area contributed by atoms with E-state index >= 15 is 0 Å². The first-order chi connectivity index (χ1) is 29.8. The second-order valence-electron chi connectivity index (χ2n) is 16.1. The maximum Gasteiger partial charge on any atom is 0.0548 e. The molecule has 14 rings (SSSR count). The second kappa shape index (κ2) is 11.8. The summed E-state index contributed by atoms with van der Waals surface area (Å²) in [6, 6.07) is 76.0. The number of aromatic nitrogens is 4. The van der Waals surface area contributed by atoms with Crippen LogP contribution in [0.2, 0.25) is 0 Å². The number of benzene rings is 10. The minimum absolute atomic E-state index is 1.14. The van der Waals surface area contributed by atoms with Crippen LogP contribution in [-0.4, -0.2) is 18.3 Å². The van der Waals surface area contributed by atoms with Crippen LogP contribution in [0.1, 0.15) is 0 Å². The van der Waals surface area contributed by atoms with Gasteiger partial charge in [0.05, 0.1) is 55.5 Å². The molecule has 60 heavy (non-hydrogen) atoms. The molecule has 0 aliphatic heterocycles. The zero-order valence-corrected chi connectivity index (χ0v) is 32.4. The molecule has 4 heterocycles. The van der Waals surface area contributed by atoms with Gasteiger partial charge >= 0.3 is 0 Å². The van der Waals surface area contributed by atoms with E-state index in [2.05, 4.69) is 225 Å². The van der Waals surface area contributed by atoms with Gasteiger partial charge in [-0.15, -0.1) is 0 Å². The Bertz CT molecular complexity index is 3770. The standard InChI is InChI=1S/C56H34N4/c1-2-14-35(15-3-1)57-45-21-9-8-20-41(45)44-34-36(26-29-52(44)57)58-53-32-30-50(59-46-22-10-4-16-37(46)38-17-5-11-23-47(38)59)42-27-28-43-51(31-33-54(58)56(43)55(42)53)60-48-24-12-6-18-39(48)40-19-7-13-25-49(40)60/h1-34H. The Morgan fingerprint density at radius 1 is 0.200 bits per heavy atom. The van der Waals surface area contributed by atoms with Gasteiger partial charge in [0.25, 0.3) is 0 Å². The van der Waals surface area contributed by atoms with E-state index in [1.165, 1.54) is 109 Å². The lowest BCUT2D eigenvalue weighted by molar-refractivity contribution is 1.16. The summed E-state index contributed by atoms with van der Waals surface area (Å²) >= 11 is 0. The number of hydrogen-bond donors (Lipinski definition) is 0. The average Bonchev–Trinajstić information content (AvgIpc) is 4.04. The molecule has 0 fully saturated rings. The third-order valence-corrected chi connectivity index (χ3v) is 13.1. The molecule has 10 aromatic carbocycles. The zero-order chi connectivity index (χ0) is 39.1. The molecule has 0 atom stereocenters. The lowest BCUT2D eigenvalue weighted by Gasteiger charge is -2.15. The van der Waals surface area contributed by atoms with Crippen LogP contribution in [0.5, 0.6) is 0 Å². The van der Waals surface area contributed by atoms with Crippen molar-refractivity contribution in [1.29, 1.82) is 0 Å². The Balaban J connectivity index is 1.11. The summed E-state index contributed by atoms with van der Waals surface area (Å²) in [6.07, 6.45) is 0. The van der Waals surface area contributed by atoms with Gasteiger partial charge in [0.1, 0.15) is 0 Å². The van der Waals surface area contributed by atoms with Crippen molar-refractivity contribution in [3.8, 4) is 22.7 Å². The van der Waals surface area contributed by atoms with Crippen LogP contribution in [0.25, 0.3) is 121 Å². The summed E-state index contributed by atoms with van der Waals surface area (Å²) in [5.41, 5.74) is 14.3. The van der Waals surface area contributed by atoms with Crippen molar-refractivity contribution in [3.05, 3.63) is 206 Å². The fourth-order valence-electron chi connectivity index (χ4n) is 10.7. The molecule has 0 bridgehead atoms. The van der Waals surface area contributed by atoms with Gasteiger partial charge in [0, 0.05) is 65.2 Å². The summed E-state index contributed by atoms with van der Waals surface area (Å²) in [6.45, 7) is 0. The third kappa shape index (κ3) is 4.09. The van der Waals surface area contributed by atoms with Crippen LogP contribution < -0.4 is 0 Å². The van der Waals surface area contributed by atoms with E-state index in [4.69, 9.17) is 0 Å². The molecule has 0 amide bonds. The van der Waals surface area contributed by atoms with Gasteiger partial charge in [-0.05, 0) is 84.9 Å². The molecule has 0 N–H and O–H groups in total. The summed E-state index contributed by atoms with van der Waals surface area (Å²) < 4.78 is 9.84. The minimum Gasteiger partial charge on any atom is -0.309 e. The fourth-order valence-corrected chi connectivity index (χ4v) is 10.7. The summed E-state index contributed by atoms with van der Waals surface area (Å²) in [5, 5.41) is 12.5. The Hall–Kier alpha value is -8.08. The van der Waals surface area contributed by atoms with Gasteiger partial charge in [-0.2, -0.15) is 0 Å². The highest BCUT2D eigenvalue weighted by Gasteiger charge is 2.24. The van der Waals surface area contributed by atoms with Crippen molar-refractivity contribution in [1.82, 2.24) is 18.3 Å². The van der Waals surface area contributed by atoms with Gasteiger partial charge in [0.2, 0.25) is 0 Å². The second-order valence-corrected chi connectivity index (χ2v) is 16.1. The molecule has 0 unspecified atom stereocenters. The summed E-state index contributed by atoms with van der Waals surface area (Å²) in [7, 11) is 0. The molecule has 0 radical (unpaired) electrons. The zero-order valence-electron chi connectivity index (χ0n) is 32.4. The van der Waals surface area contributed by atoms with E-state index < -0.39 is 0 Å². The van der Waals surface area contributed by atoms with Crippen molar-refractivity contribution in [2.24, 2.45) is 0 Å². The summed E-state index contributed by atoms with van der Waals surface area (Å²) in [5.74, 6) is 0. The molecule has 4 heteroatoms. The monoisotopic (exact) mass is 762 g/mol. The highest BCUT2D eigenvalue weighted by Crippen LogP contribution is 2.46. The quantitative estimate of drug-likeness (QED) is 0.159. The molecular weight excluding hydrogens is 729 g/mol. The first-order valence-electron chi connectivity index (χ1n) is 20.7. The third-order valence-electron chi connectivity index (χ3n) is 13.1. The van der Waals surface area contributed by atoms with Crippen molar-refractivity contribution < 1.29 is 0 Å². The average molecular weight is 763 g/mol. The number of fused-ring (bicyclic) bond motifs is 9. The first-order valence-corrected chi connectivity index (χ1v) is 20.7. The van der Waals surface area contributed by atoms with Gasteiger partial charge in [-0.3, -0.25) is 0 Å². The Labute approximate surface area is 343 Å². The number of nitrogens with zero attached hydrogens (tertiary/aromatic N) is 4. The normalized spacial score (nSPS) is 12.3. The molecule has 4 aromatic heterocycles. The van der Waals surface area contributed by atoms with E-state index in [1.807, 2.05) is 0 Å². The van der Waals surface area contributed by atoms with Crippen LogP contribution in [0, 0.1) is 0 Å². The maximum absolute atomic E-state index is 2.50. The van der Waals surface area contributed by atoms with E-state index in [0.717, 1.165) is 11.4 Å². The molecule has 0 aliphatic rings. The van der Waals surface area contributed by atoms with E-state index in [9.17, 15) is 0 Å². The molecule has 4 nitrogen and oxygen atoms in total. The lowest BCUT2D eigenvalue weighted by atomic mass is 9.99. The van der Waals surface area contributed by atoms with E-state index in [0.29, 0.717) is 0 Å². The van der Waals surface area contributed by atoms with Crippen LogP contribution in [0.4, 0.5) is 0 Å². The summed E-state index contributed by atoms with van der Waals surface area (Å²) in [4.78, 5) is 0. The van der Waals surface area contributed by atoms with Gasteiger partial charge in [-0.25, -0.2) is 0 Å². The maximum atomic E-state index is 2.50. The molecule has 278 valence electrons. The smallest absolute Gasteiger partial charge is 0.0548 e. The number of rotatable bonds is 4. The van der Waals surface area contributed by atoms with Gasteiger partial charge in [0.15, 0.2) is 0 Å². The van der Waals surface area contributed by atoms with E-state index in [-0.39, 0.29) is 0 Å². The predicted octanol–water partition coefficient (Wildman–Crippen LogP) is 14.7. The molecule has 0 saturated heterocycles. The van der Waals surface area contributed by atoms with Crippen LogP contribution in [0.15, 0.2) is 206 Å². The topological polar surface area (TPSA) is 19.7 Å². The number of hydrogen-bond acceptors (Lipinski definition) is 0. The molecular formula is C56H34N4. The molecule has 0 aliphatic carbocycles. The minimum atomic E-state index is 1.14. The van der Waals surface area contributed by atoms with Crippen molar-refractivity contribution in [2.45, 2.75) is 0 Å². The number of para-hydroxylation sites is 6. The predicted molar refractivity (Wildman–Crippen MR) is 252 cm³/mol. The lowest BCUT2D eigenvalue weighted by Crippen LogP contribution is -1.97. The SMILES string of the molecule is c1ccc(-n2c3ccccc3c3cc(-n4c5ccc(-n6c7ccccc7c7ccccc76)c6ccc7c(-n8c9ccccc9c9ccccc98)ccc4c7c65)ccc32)cc1. The van der Waals surface area contributed by atoms with Crippen molar-refractivity contribution >= 4 is 98.0 Å². The van der Waals surface area contributed by atoms with Gasteiger partial charge in [-0.1, -0.05) is 121 Å². The van der Waals surface area contributed by atoms with Crippen LogP contribution in [-0.2, 0) is 0 Å². The van der Waals surface area contributed by atoms with Crippen molar-refractivity contribution in [2.75, 3.05) is 0 Å². The Morgan fingerprint density at radius 2 is 0.550 bits per heavy atom. The van der Waals surface area contributed by atoms with Crippen molar-refractivity contribution in [3.63, 3.8) is 0 Å². The highest BCUT2D eigenvalue weighted by atomic mass is 15.0. The largest absolute Gasteiger partial charge is 0.309 e. The van der Waals surface area contributed by atoms with Crippen LogP contribution >= 0.6 is 0 Å². The Morgan fingerprint density at radius 3 is 1.02 bits per heavy atom. The highest BCUT2D eigenvalue weighted by molar-refractivity contribution is 6.28. The molecule has 0 saturated carbocycles. The van der Waals surface area contributed by atoms with E-state index in [1.54, 1.807) is 0 Å². The van der Waals surface area contributed by atoms with Gasteiger partial charge < -0.3 is 18.3 Å². The molecule has 14 aromatic rings.